The van der Waals surface area contributed by atoms with Crippen molar-refractivity contribution in [2.24, 2.45) is 5.41 Å². The Morgan fingerprint density at radius 3 is 2.43 bits per heavy atom. The number of rotatable bonds is 5. The van der Waals surface area contributed by atoms with Crippen LogP contribution in [0.15, 0.2) is 24.3 Å². The van der Waals surface area contributed by atoms with Crippen LogP contribution in [0, 0.1) is 5.41 Å². The lowest BCUT2D eigenvalue weighted by atomic mass is 9.86. The van der Waals surface area contributed by atoms with Gasteiger partial charge >= 0.3 is 5.97 Å². The maximum atomic E-state index is 13.7. The zero-order chi connectivity index (χ0) is 26.1. The first-order chi connectivity index (χ1) is 16.2. The molecule has 8 nitrogen and oxygen atoms in total. The third kappa shape index (κ3) is 6.23. The van der Waals surface area contributed by atoms with Gasteiger partial charge in [0.25, 0.3) is 11.8 Å². The van der Waals surface area contributed by atoms with E-state index in [1.54, 1.807) is 52.1 Å². The van der Waals surface area contributed by atoms with E-state index < -0.39 is 28.9 Å². The van der Waals surface area contributed by atoms with Gasteiger partial charge in [-0.25, -0.2) is 9.78 Å². The van der Waals surface area contributed by atoms with E-state index in [9.17, 15) is 14.4 Å². The van der Waals surface area contributed by atoms with Crippen LogP contribution in [0.1, 0.15) is 81.1 Å². The monoisotopic (exact) mass is 502 g/mol. The van der Waals surface area contributed by atoms with Crippen molar-refractivity contribution in [2.75, 3.05) is 11.9 Å². The number of hydrogen-bond acceptors (Lipinski definition) is 5. The maximum absolute atomic E-state index is 13.7. The molecule has 0 spiro atoms. The number of aryl methyl sites for hydroxylation is 1. The smallest absolute Gasteiger partial charge is 0.329 e. The predicted molar refractivity (Wildman–Crippen MR) is 136 cm³/mol. The Morgan fingerprint density at radius 2 is 1.83 bits per heavy atom. The predicted octanol–water partition coefficient (Wildman–Crippen LogP) is 4.64. The van der Waals surface area contributed by atoms with Gasteiger partial charge in [0.05, 0.1) is 0 Å². The first kappa shape index (κ1) is 26.7. The van der Waals surface area contributed by atoms with E-state index in [0.717, 1.165) is 18.7 Å². The molecule has 0 radical (unpaired) electrons. The van der Waals surface area contributed by atoms with Crippen molar-refractivity contribution in [2.45, 2.75) is 79.0 Å². The highest BCUT2D eigenvalue weighted by atomic mass is 35.5. The molecule has 1 aliphatic heterocycles. The van der Waals surface area contributed by atoms with Crippen LogP contribution in [0.5, 0.6) is 0 Å². The minimum Gasteiger partial charge on any atom is -0.458 e. The number of nitrogens with one attached hydrogen (secondary N) is 1. The first-order valence-corrected chi connectivity index (χ1v) is 12.2. The summed E-state index contributed by atoms with van der Waals surface area (Å²) < 4.78 is 7.44. The topological polar surface area (TPSA) is 93.5 Å². The van der Waals surface area contributed by atoms with Crippen LogP contribution < -0.4 is 10.2 Å². The SMILES string of the molecule is CN(C(=O)c1cccc(Cl)c1)c1nc2n(c1C(=O)NC(C(=O)OC(C)(C)C)C(C)(C)C)CCCC2. The fraction of sp³-hybridized carbons (Fsp3) is 0.538. The molecule has 1 aromatic heterocycles. The molecule has 1 aliphatic rings. The van der Waals surface area contributed by atoms with Gasteiger partial charge in [-0.05, 0) is 57.2 Å². The van der Waals surface area contributed by atoms with Crippen molar-refractivity contribution in [1.29, 1.82) is 0 Å². The second kappa shape index (κ2) is 10.0. The van der Waals surface area contributed by atoms with Crippen LogP contribution in [0.3, 0.4) is 0 Å². The molecule has 1 atom stereocenters. The van der Waals surface area contributed by atoms with Gasteiger partial charge in [0.1, 0.15) is 17.5 Å². The van der Waals surface area contributed by atoms with E-state index in [0.29, 0.717) is 23.6 Å². The molecule has 0 aliphatic carbocycles. The third-order valence-corrected chi connectivity index (χ3v) is 5.99. The molecule has 35 heavy (non-hydrogen) atoms. The lowest BCUT2D eigenvalue weighted by Gasteiger charge is -2.32. The van der Waals surface area contributed by atoms with E-state index in [2.05, 4.69) is 10.3 Å². The summed E-state index contributed by atoms with van der Waals surface area (Å²) >= 11 is 6.08. The fourth-order valence-electron chi connectivity index (χ4n) is 4.03. The van der Waals surface area contributed by atoms with Gasteiger partial charge in [0.15, 0.2) is 11.5 Å². The molecule has 0 fully saturated rings. The highest BCUT2D eigenvalue weighted by molar-refractivity contribution is 6.31. The molecule has 2 amide bonds. The average Bonchev–Trinajstić information content (AvgIpc) is 3.14. The minimum atomic E-state index is -0.897. The van der Waals surface area contributed by atoms with E-state index >= 15 is 0 Å². The molecule has 1 aromatic carbocycles. The summed E-state index contributed by atoms with van der Waals surface area (Å²) in [6.45, 7) is 11.6. The number of hydrogen-bond donors (Lipinski definition) is 1. The van der Waals surface area contributed by atoms with Crippen LogP contribution in [0.4, 0.5) is 5.82 Å². The lowest BCUT2D eigenvalue weighted by Crippen LogP contribution is -2.52. The molecule has 1 N–H and O–H groups in total. The van der Waals surface area contributed by atoms with Crippen molar-refractivity contribution in [3.8, 4) is 0 Å². The molecule has 3 rings (SSSR count). The normalized spacial score (nSPS) is 14.6. The summed E-state index contributed by atoms with van der Waals surface area (Å²) in [5, 5.41) is 3.32. The number of halogens is 1. The standard InChI is InChI=1S/C26H35ClN4O4/c1-25(2,3)20(24(34)35-26(4,5)6)29-22(32)19-21(28-18-13-8-9-14-31(18)19)30(7)23(33)16-11-10-12-17(27)15-16/h10-12,15,20H,8-9,13-14H2,1-7H3,(H,29,32). The molecule has 0 bridgehead atoms. The number of imidazole rings is 1. The largest absolute Gasteiger partial charge is 0.458 e. The number of esters is 1. The summed E-state index contributed by atoms with van der Waals surface area (Å²) in [5.74, 6) is -0.330. The number of carbonyl (C=O) groups excluding carboxylic acids is 3. The highest BCUT2D eigenvalue weighted by Gasteiger charge is 2.38. The lowest BCUT2D eigenvalue weighted by molar-refractivity contribution is -0.160. The second-order valence-electron chi connectivity index (χ2n) is 11.0. The molecule has 9 heteroatoms. The Bertz CT molecular complexity index is 1130. The summed E-state index contributed by atoms with van der Waals surface area (Å²) in [5.41, 5.74) is -0.657. The van der Waals surface area contributed by atoms with Crippen LogP contribution in [0.25, 0.3) is 0 Å². The number of ether oxygens (including phenoxy) is 1. The Hall–Kier alpha value is -2.87. The second-order valence-corrected chi connectivity index (χ2v) is 11.4. The van der Waals surface area contributed by atoms with Gasteiger partial charge in [-0.2, -0.15) is 0 Å². The number of fused-ring (bicyclic) bond motifs is 1. The Kier molecular flexibility index (Phi) is 7.65. The zero-order valence-electron chi connectivity index (χ0n) is 21.6. The van der Waals surface area contributed by atoms with E-state index in [-0.39, 0.29) is 17.4 Å². The quantitative estimate of drug-likeness (QED) is 0.601. The van der Waals surface area contributed by atoms with Crippen LogP contribution in [-0.4, -0.2) is 46.0 Å². The number of carbonyl (C=O) groups is 3. The van der Waals surface area contributed by atoms with Gasteiger partial charge in [-0.1, -0.05) is 38.4 Å². The first-order valence-electron chi connectivity index (χ1n) is 11.9. The molecule has 0 saturated heterocycles. The summed E-state index contributed by atoms with van der Waals surface area (Å²) in [6, 6.07) is 5.73. The zero-order valence-corrected chi connectivity index (χ0v) is 22.3. The summed E-state index contributed by atoms with van der Waals surface area (Å²) in [7, 11) is 1.59. The van der Waals surface area contributed by atoms with Gasteiger partial charge in [0, 0.05) is 30.6 Å². The number of nitrogens with zero attached hydrogens (tertiary/aromatic N) is 3. The Labute approximate surface area is 212 Å². The van der Waals surface area contributed by atoms with Crippen molar-refractivity contribution >= 4 is 35.2 Å². The molecular formula is C26H35ClN4O4. The van der Waals surface area contributed by atoms with Crippen LogP contribution >= 0.6 is 11.6 Å². The maximum Gasteiger partial charge on any atom is 0.329 e. The van der Waals surface area contributed by atoms with Crippen molar-refractivity contribution in [1.82, 2.24) is 14.9 Å². The van der Waals surface area contributed by atoms with Gasteiger partial charge in [-0.15, -0.1) is 0 Å². The molecule has 2 heterocycles. The van der Waals surface area contributed by atoms with Gasteiger partial charge in [0.2, 0.25) is 0 Å². The molecule has 2 aromatic rings. The molecular weight excluding hydrogens is 468 g/mol. The fourth-order valence-corrected chi connectivity index (χ4v) is 4.22. The number of benzene rings is 1. The average molecular weight is 503 g/mol. The minimum absolute atomic E-state index is 0.251. The summed E-state index contributed by atoms with van der Waals surface area (Å²) in [4.78, 5) is 46.0. The van der Waals surface area contributed by atoms with Crippen LogP contribution in [-0.2, 0) is 22.5 Å². The van der Waals surface area contributed by atoms with Crippen molar-refractivity contribution in [3.63, 3.8) is 0 Å². The third-order valence-electron chi connectivity index (χ3n) is 5.75. The highest BCUT2D eigenvalue weighted by Crippen LogP contribution is 2.29. The van der Waals surface area contributed by atoms with Crippen molar-refractivity contribution in [3.05, 3.63) is 46.4 Å². The number of aromatic nitrogens is 2. The molecule has 0 saturated carbocycles. The molecule has 1 unspecified atom stereocenters. The van der Waals surface area contributed by atoms with Gasteiger partial charge < -0.3 is 14.6 Å². The van der Waals surface area contributed by atoms with Crippen LogP contribution in [0.2, 0.25) is 5.02 Å². The number of anilines is 1. The number of amides is 2. The van der Waals surface area contributed by atoms with E-state index in [1.165, 1.54) is 4.90 Å². The summed E-state index contributed by atoms with van der Waals surface area (Å²) in [6.07, 6.45) is 2.55. The Morgan fingerprint density at radius 1 is 1.14 bits per heavy atom. The van der Waals surface area contributed by atoms with Gasteiger partial charge in [-0.3, -0.25) is 14.5 Å². The van der Waals surface area contributed by atoms with E-state index in [4.69, 9.17) is 16.3 Å². The molecule has 190 valence electrons. The van der Waals surface area contributed by atoms with E-state index in [1.807, 2.05) is 25.3 Å². The Balaban J connectivity index is 2.00. The van der Waals surface area contributed by atoms with Crippen molar-refractivity contribution < 1.29 is 19.1 Å².